The maximum Gasteiger partial charge on any atom is 0.305 e. The fraction of sp³-hybridized carbons (Fsp3) is 0.467. The third-order valence-corrected chi connectivity index (χ3v) is 3.58. The molecule has 6 heteroatoms. The lowest BCUT2D eigenvalue weighted by Crippen LogP contribution is -2.21. The molecule has 1 heterocycles. The van der Waals surface area contributed by atoms with Gasteiger partial charge in [0, 0.05) is 5.56 Å². The van der Waals surface area contributed by atoms with Gasteiger partial charge in [0.2, 0.25) is 0 Å². The Kier molecular flexibility index (Phi) is 4.35. The molecule has 0 bridgehead atoms. The standard InChI is InChI=1S/C15H20N4O2/c1-9(2)13(8-14(20)21)19-15(16-17-18-19)12-6-5-10(3)7-11(12)4/h5-7,9,13H,8H2,1-4H3,(H,20,21). The Balaban J connectivity index is 2.48. The molecule has 0 saturated heterocycles. The summed E-state index contributed by atoms with van der Waals surface area (Å²) in [6.45, 7) is 7.98. The van der Waals surface area contributed by atoms with Gasteiger partial charge in [-0.25, -0.2) is 4.68 Å². The topological polar surface area (TPSA) is 80.9 Å². The van der Waals surface area contributed by atoms with Crippen molar-refractivity contribution in [2.24, 2.45) is 5.92 Å². The quantitative estimate of drug-likeness (QED) is 0.914. The molecule has 1 aromatic heterocycles. The molecule has 0 fully saturated rings. The van der Waals surface area contributed by atoms with Crippen molar-refractivity contribution in [2.75, 3.05) is 0 Å². The largest absolute Gasteiger partial charge is 0.481 e. The highest BCUT2D eigenvalue weighted by Crippen LogP contribution is 2.28. The van der Waals surface area contributed by atoms with Crippen molar-refractivity contribution in [3.63, 3.8) is 0 Å². The van der Waals surface area contributed by atoms with Gasteiger partial charge in [0.25, 0.3) is 0 Å². The SMILES string of the molecule is Cc1ccc(-c2nnnn2C(CC(=O)O)C(C)C)c(C)c1. The summed E-state index contributed by atoms with van der Waals surface area (Å²) in [4.78, 5) is 11.1. The minimum Gasteiger partial charge on any atom is -0.481 e. The number of nitrogens with zero attached hydrogens (tertiary/aromatic N) is 4. The number of tetrazole rings is 1. The first-order valence-electron chi connectivity index (χ1n) is 6.97. The third kappa shape index (κ3) is 3.26. The lowest BCUT2D eigenvalue weighted by Gasteiger charge is -2.20. The van der Waals surface area contributed by atoms with Gasteiger partial charge < -0.3 is 5.11 Å². The molecule has 1 unspecified atom stereocenters. The molecule has 0 spiro atoms. The van der Waals surface area contributed by atoms with E-state index in [0.717, 1.165) is 11.1 Å². The van der Waals surface area contributed by atoms with E-state index in [2.05, 4.69) is 21.6 Å². The van der Waals surface area contributed by atoms with Crippen LogP contribution < -0.4 is 0 Å². The molecule has 1 atom stereocenters. The Hall–Kier alpha value is -2.24. The molecule has 0 aliphatic carbocycles. The second-order valence-corrected chi connectivity index (χ2v) is 5.67. The van der Waals surface area contributed by atoms with Gasteiger partial charge in [-0.1, -0.05) is 37.6 Å². The van der Waals surface area contributed by atoms with Crippen LogP contribution in [0.2, 0.25) is 0 Å². The fourth-order valence-corrected chi connectivity index (χ4v) is 2.44. The van der Waals surface area contributed by atoms with Crippen molar-refractivity contribution in [2.45, 2.75) is 40.2 Å². The Labute approximate surface area is 123 Å². The van der Waals surface area contributed by atoms with Crippen molar-refractivity contribution in [1.29, 1.82) is 0 Å². The number of benzene rings is 1. The average Bonchev–Trinajstić information content (AvgIpc) is 2.84. The Morgan fingerprint density at radius 3 is 2.62 bits per heavy atom. The van der Waals surface area contributed by atoms with Crippen LogP contribution in [-0.4, -0.2) is 31.3 Å². The number of rotatable bonds is 5. The molecule has 1 N–H and O–H groups in total. The second kappa shape index (κ2) is 6.03. The van der Waals surface area contributed by atoms with Gasteiger partial charge in [0.1, 0.15) is 0 Å². The number of aryl methyl sites for hydroxylation is 2. The number of hydrogen-bond donors (Lipinski definition) is 1. The van der Waals surface area contributed by atoms with Gasteiger partial charge in [0.15, 0.2) is 5.82 Å². The lowest BCUT2D eigenvalue weighted by atomic mass is 10.00. The first-order valence-corrected chi connectivity index (χ1v) is 6.97. The van der Waals surface area contributed by atoms with Gasteiger partial charge in [-0.2, -0.15) is 0 Å². The maximum atomic E-state index is 11.1. The van der Waals surface area contributed by atoms with Gasteiger partial charge in [-0.05, 0) is 35.8 Å². The summed E-state index contributed by atoms with van der Waals surface area (Å²) in [5.74, 6) is -0.114. The van der Waals surface area contributed by atoms with Gasteiger partial charge in [0.05, 0.1) is 12.5 Å². The molecule has 2 rings (SSSR count). The maximum absolute atomic E-state index is 11.1. The molecule has 112 valence electrons. The second-order valence-electron chi connectivity index (χ2n) is 5.67. The van der Waals surface area contributed by atoms with E-state index in [1.165, 1.54) is 5.56 Å². The normalized spacial score (nSPS) is 12.6. The number of carboxylic acid groups (broad SMARTS) is 1. The van der Waals surface area contributed by atoms with Crippen molar-refractivity contribution in [1.82, 2.24) is 20.2 Å². The van der Waals surface area contributed by atoms with Crippen LogP contribution in [0, 0.1) is 19.8 Å². The van der Waals surface area contributed by atoms with Crippen molar-refractivity contribution >= 4 is 5.97 Å². The van der Waals surface area contributed by atoms with Crippen LogP contribution in [0.3, 0.4) is 0 Å². The number of carbonyl (C=O) groups is 1. The number of hydrogen-bond acceptors (Lipinski definition) is 4. The van der Waals surface area contributed by atoms with E-state index in [-0.39, 0.29) is 18.4 Å². The Morgan fingerprint density at radius 1 is 1.33 bits per heavy atom. The first-order chi connectivity index (χ1) is 9.90. The van der Waals surface area contributed by atoms with E-state index < -0.39 is 5.97 Å². The lowest BCUT2D eigenvalue weighted by molar-refractivity contribution is -0.138. The molecular formula is C15H20N4O2. The molecule has 0 aliphatic rings. The summed E-state index contributed by atoms with van der Waals surface area (Å²) in [5.41, 5.74) is 3.17. The van der Waals surface area contributed by atoms with Crippen molar-refractivity contribution < 1.29 is 9.90 Å². The van der Waals surface area contributed by atoms with Gasteiger partial charge in [-0.15, -0.1) is 5.10 Å². The highest BCUT2D eigenvalue weighted by molar-refractivity contribution is 5.67. The zero-order chi connectivity index (χ0) is 15.6. The Morgan fingerprint density at radius 2 is 2.05 bits per heavy atom. The fourth-order valence-electron chi connectivity index (χ4n) is 2.44. The average molecular weight is 288 g/mol. The third-order valence-electron chi connectivity index (χ3n) is 3.58. The number of aromatic nitrogens is 4. The highest BCUT2D eigenvalue weighted by Gasteiger charge is 2.24. The summed E-state index contributed by atoms with van der Waals surface area (Å²) in [5, 5.41) is 21.0. The summed E-state index contributed by atoms with van der Waals surface area (Å²) < 4.78 is 1.64. The van der Waals surface area contributed by atoms with Gasteiger partial charge >= 0.3 is 5.97 Å². The van der Waals surface area contributed by atoms with E-state index in [4.69, 9.17) is 5.11 Å². The molecular weight excluding hydrogens is 268 g/mol. The smallest absolute Gasteiger partial charge is 0.305 e. The molecule has 1 aromatic carbocycles. The number of aliphatic carboxylic acids is 1. The molecule has 0 aliphatic heterocycles. The van der Waals surface area contributed by atoms with Crippen LogP contribution in [0.1, 0.15) is 37.4 Å². The molecule has 6 nitrogen and oxygen atoms in total. The summed E-state index contributed by atoms with van der Waals surface area (Å²) >= 11 is 0. The summed E-state index contributed by atoms with van der Waals surface area (Å²) in [7, 11) is 0. The molecule has 21 heavy (non-hydrogen) atoms. The van der Waals surface area contributed by atoms with E-state index in [1.54, 1.807) is 4.68 Å². The minimum absolute atomic E-state index is 0.000611. The molecule has 0 saturated carbocycles. The van der Waals surface area contributed by atoms with Crippen LogP contribution in [0.4, 0.5) is 0 Å². The summed E-state index contributed by atoms with van der Waals surface area (Å²) in [6, 6.07) is 5.78. The van der Waals surface area contributed by atoms with E-state index in [9.17, 15) is 4.79 Å². The van der Waals surface area contributed by atoms with Crippen molar-refractivity contribution in [3.8, 4) is 11.4 Å². The van der Waals surface area contributed by atoms with Crippen molar-refractivity contribution in [3.05, 3.63) is 29.3 Å². The van der Waals surface area contributed by atoms with E-state index in [0.29, 0.717) is 5.82 Å². The van der Waals surface area contributed by atoms with Crippen LogP contribution in [0.15, 0.2) is 18.2 Å². The molecule has 0 amide bonds. The van der Waals surface area contributed by atoms with E-state index >= 15 is 0 Å². The predicted molar refractivity (Wildman–Crippen MR) is 78.9 cm³/mol. The Bertz CT molecular complexity index is 649. The highest BCUT2D eigenvalue weighted by atomic mass is 16.4. The van der Waals surface area contributed by atoms with Gasteiger partial charge in [-0.3, -0.25) is 4.79 Å². The zero-order valence-corrected chi connectivity index (χ0v) is 12.7. The van der Waals surface area contributed by atoms with Crippen LogP contribution in [0.25, 0.3) is 11.4 Å². The predicted octanol–water partition coefficient (Wildman–Crippen LogP) is 2.63. The first kappa shape index (κ1) is 15.2. The zero-order valence-electron chi connectivity index (χ0n) is 12.7. The minimum atomic E-state index is -0.851. The summed E-state index contributed by atoms with van der Waals surface area (Å²) in [6.07, 6.45) is 0.000611. The molecule has 2 aromatic rings. The van der Waals surface area contributed by atoms with Crippen LogP contribution >= 0.6 is 0 Å². The number of carboxylic acids is 1. The monoisotopic (exact) mass is 288 g/mol. The molecule has 0 radical (unpaired) electrons. The van der Waals surface area contributed by atoms with Crippen LogP contribution in [0.5, 0.6) is 0 Å². The van der Waals surface area contributed by atoms with Crippen LogP contribution in [-0.2, 0) is 4.79 Å². The van der Waals surface area contributed by atoms with E-state index in [1.807, 2.05) is 39.8 Å².